The first kappa shape index (κ1) is 11.0. The summed E-state index contributed by atoms with van der Waals surface area (Å²) in [5.41, 5.74) is 5.34. The minimum atomic E-state index is -0.624. The van der Waals surface area contributed by atoms with Gasteiger partial charge in [0.15, 0.2) is 0 Å². The Bertz CT molecular complexity index is 172. The van der Waals surface area contributed by atoms with Gasteiger partial charge >= 0.3 is 0 Å². The van der Waals surface area contributed by atoms with Crippen molar-refractivity contribution in [1.29, 1.82) is 0 Å². The zero-order chi connectivity index (χ0) is 10.1. The van der Waals surface area contributed by atoms with Gasteiger partial charge in [-0.25, -0.2) is 0 Å². The summed E-state index contributed by atoms with van der Waals surface area (Å²) in [6, 6.07) is -0.0892. The Morgan fingerprint density at radius 1 is 1.62 bits per heavy atom. The number of piperidine rings is 1. The van der Waals surface area contributed by atoms with Gasteiger partial charge in [-0.2, -0.15) is 0 Å². The molecule has 3 N–H and O–H groups in total. The van der Waals surface area contributed by atoms with Crippen LogP contribution in [0.15, 0.2) is 0 Å². The van der Waals surface area contributed by atoms with Gasteiger partial charge in [0.05, 0.1) is 5.60 Å². The summed E-state index contributed by atoms with van der Waals surface area (Å²) in [7, 11) is 2.05. The largest absolute Gasteiger partial charge is 0.388 e. The molecule has 1 heterocycles. The smallest absolute Gasteiger partial charge is 0.0825 e. The topological polar surface area (TPSA) is 49.5 Å². The molecule has 0 aromatic carbocycles. The van der Waals surface area contributed by atoms with Crippen LogP contribution >= 0.6 is 0 Å². The van der Waals surface area contributed by atoms with E-state index in [0.29, 0.717) is 5.92 Å². The predicted molar refractivity (Wildman–Crippen MR) is 54.5 cm³/mol. The average Bonchev–Trinajstić information content (AvgIpc) is 1.97. The summed E-state index contributed by atoms with van der Waals surface area (Å²) < 4.78 is 0. The lowest BCUT2D eigenvalue weighted by atomic mass is 9.81. The van der Waals surface area contributed by atoms with Gasteiger partial charge in [0.1, 0.15) is 0 Å². The Labute approximate surface area is 80.9 Å². The molecule has 1 aliphatic heterocycles. The van der Waals surface area contributed by atoms with Crippen molar-refractivity contribution in [2.45, 2.75) is 38.3 Å². The number of hydrogen-bond acceptors (Lipinski definition) is 3. The fourth-order valence-electron chi connectivity index (χ4n) is 2.13. The molecule has 3 nitrogen and oxygen atoms in total. The van der Waals surface area contributed by atoms with Crippen LogP contribution in [-0.4, -0.2) is 41.8 Å². The van der Waals surface area contributed by atoms with Crippen LogP contribution in [0.1, 0.15) is 26.7 Å². The molecule has 1 aliphatic rings. The molecule has 0 aliphatic carbocycles. The SMILES string of the molecule is CC(C)CC1(O)CCN(C)CC1N. The standard InChI is InChI=1S/C10H22N2O/c1-8(2)6-10(13)4-5-12(3)7-9(10)11/h8-9,13H,4-7,11H2,1-3H3. The number of nitrogens with zero attached hydrogens (tertiary/aromatic N) is 1. The zero-order valence-electron chi connectivity index (χ0n) is 8.95. The maximum Gasteiger partial charge on any atom is 0.0825 e. The minimum absolute atomic E-state index is 0.0892. The van der Waals surface area contributed by atoms with Gasteiger partial charge in [-0.05, 0) is 25.8 Å². The first-order valence-corrected chi connectivity index (χ1v) is 5.10. The van der Waals surface area contributed by atoms with Crippen molar-refractivity contribution in [1.82, 2.24) is 4.90 Å². The lowest BCUT2D eigenvalue weighted by Gasteiger charge is -2.42. The molecule has 0 aromatic heterocycles. The molecule has 0 bridgehead atoms. The first-order valence-electron chi connectivity index (χ1n) is 5.10. The molecule has 0 aromatic rings. The van der Waals surface area contributed by atoms with Crippen LogP contribution in [-0.2, 0) is 0 Å². The van der Waals surface area contributed by atoms with E-state index in [1.165, 1.54) is 0 Å². The minimum Gasteiger partial charge on any atom is -0.388 e. The quantitative estimate of drug-likeness (QED) is 0.657. The number of rotatable bonds is 2. The summed E-state index contributed by atoms with van der Waals surface area (Å²) >= 11 is 0. The molecule has 78 valence electrons. The van der Waals surface area contributed by atoms with E-state index in [0.717, 1.165) is 25.9 Å². The van der Waals surface area contributed by atoms with E-state index in [1.54, 1.807) is 0 Å². The molecule has 0 saturated carbocycles. The van der Waals surface area contributed by atoms with Crippen molar-refractivity contribution in [2.24, 2.45) is 11.7 Å². The van der Waals surface area contributed by atoms with Crippen LogP contribution in [0, 0.1) is 5.92 Å². The monoisotopic (exact) mass is 186 g/mol. The highest BCUT2D eigenvalue weighted by molar-refractivity contribution is 4.95. The highest BCUT2D eigenvalue weighted by atomic mass is 16.3. The lowest BCUT2D eigenvalue weighted by molar-refractivity contribution is -0.0480. The molecular weight excluding hydrogens is 164 g/mol. The molecule has 0 spiro atoms. The van der Waals surface area contributed by atoms with Crippen molar-refractivity contribution >= 4 is 0 Å². The van der Waals surface area contributed by atoms with Crippen LogP contribution in [0.4, 0.5) is 0 Å². The Morgan fingerprint density at radius 2 is 2.23 bits per heavy atom. The number of likely N-dealkylation sites (tertiary alicyclic amines) is 1. The van der Waals surface area contributed by atoms with Gasteiger partial charge in [-0.15, -0.1) is 0 Å². The molecule has 2 atom stereocenters. The molecule has 13 heavy (non-hydrogen) atoms. The van der Waals surface area contributed by atoms with Gasteiger partial charge in [-0.1, -0.05) is 13.8 Å². The first-order chi connectivity index (χ1) is 5.94. The summed E-state index contributed by atoms with van der Waals surface area (Å²) in [6.07, 6.45) is 1.63. The van der Waals surface area contributed by atoms with Crippen molar-refractivity contribution in [3.05, 3.63) is 0 Å². The molecule has 2 unspecified atom stereocenters. The third-order valence-electron chi connectivity index (χ3n) is 2.89. The maximum atomic E-state index is 10.3. The average molecular weight is 186 g/mol. The Kier molecular flexibility index (Phi) is 3.33. The van der Waals surface area contributed by atoms with E-state index >= 15 is 0 Å². The summed E-state index contributed by atoms with van der Waals surface area (Å²) in [6.45, 7) is 6.02. The van der Waals surface area contributed by atoms with E-state index in [-0.39, 0.29) is 6.04 Å². The van der Waals surface area contributed by atoms with Crippen molar-refractivity contribution in [3.8, 4) is 0 Å². The predicted octanol–water partition coefficient (Wildman–Crippen LogP) is 0.426. The summed E-state index contributed by atoms with van der Waals surface area (Å²) in [5, 5.41) is 10.3. The molecule has 3 heteroatoms. The molecule has 0 radical (unpaired) electrons. The molecular formula is C10H22N2O. The fraction of sp³-hybridized carbons (Fsp3) is 1.00. The maximum absolute atomic E-state index is 10.3. The van der Waals surface area contributed by atoms with Gasteiger partial charge in [0, 0.05) is 19.1 Å². The lowest BCUT2D eigenvalue weighted by Crippen LogP contribution is -2.59. The number of hydrogen-bond donors (Lipinski definition) is 2. The van der Waals surface area contributed by atoms with Crippen molar-refractivity contribution in [2.75, 3.05) is 20.1 Å². The van der Waals surface area contributed by atoms with Gasteiger partial charge < -0.3 is 15.7 Å². The Morgan fingerprint density at radius 3 is 2.69 bits per heavy atom. The van der Waals surface area contributed by atoms with Gasteiger partial charge in [0.25, 0.3) is 0 Å². The molecule has 1 saturated heterocycles. The van der Waals surface area contributed by atoms with Crippen LogP contribution in [0.25, 0.3) is 0 Å². The number of aliphatic hydroxyl groups is 1. The van der Waals surface area contributed by atoms with Crippen LogP contribution in [0.3, 0.4) is 0 Å². The van der Waals surface area contributed by atoms with Crippen molar-refractivity contribution in [3.63, 3.8) is 0 Å². The van der Waals surface area contributed by atoms with E-state index in [1.807, 2.05) is 0 Å². The second-order valence-electron chi connectivity index (χ2n) is 4.82. The van der Waals surface area contributed by atoms with Gasteiger partial charge in [0.2, 0.25) is 0 Å². The zero-order valence-corrected chi connectivity index (χ0v) is 8.95. The second kappa shape index (κ2) is 3.95. The fourth-order valence-corrected chi connectivity index (χ4v) is 2.13. The number of likely N-dealkylation sites (N-methyl/N-ethyl adjacent to an activating group) is 1. The third kappa shape index (κ3) is 2.66. The van der Waals surface area contributed by atoms with E-state index in [4.69, 9.17) is 5.73 Å². The van der Waals surface area contributed by atoms with E-state index in [9.17, 15) is 5.11 Å². The van der Waals surface area contributed by atoms with E-state index < -0.39 is 5.60 Å². The van der Waals surface area contributed by atoms with Crippen molar-refractivity contribution < 1.29 is 5.11 Å². The Hall–Kier alpha value is -0.120. The van der Waals surface area contributed by atoms with Crippen LogP contribution < -0.4 is 5.73 Å². The number of nitrogens with two attached hydrogens (primary N) is 1. The third-order valence-corrected chi connectivity index (χ3v) is 2.89. The summed E-state index contributed by atoms with van der Waals surface area (Å²) in [4.78, 5) is 2.18. The second-order valence-corrected chi connectivity index (χ2v) is 4.82. The Balaban J connectivity index is 2.56. The van der Waals surface area contributed by atoms with Crippen LogP contribution in [0.2, 0.25) is 0 Å². The molecule has 1 rings (SSSR count). The van der Waals surface area contributed by atoms with E-state index in [2.05, 4.69) is 25.8 Å². The normalized spacial score (nSPS) is 36.9. The summed E-state index contributed by atoms with van der Waals surface area (Å²) in [5.74, 6) is 0.513. The van der Waals surface area contributed by atoms with Gasteiger partial charge in [-0.3, -0.25) is 0 Å². The molecule has 1 fully saturated rings. The highest BCUT2D eigenvalue weighted by Gasteiger charge is 2.38. The highest BCUT2D eigenvalue weighted by Crippen LogP contribution is 2.27. The van der Waals surface area contributed by atoms with Crippen LogP contribution in [0.5, 0.6) is 0 Å². The molecule has 0 amide bonds.